The zero-order valence-electron chi connectivity index (χ0n) is 12.2. The lowest BCUT2D eigenvalue weighted by Crippen LogP contribution is -2.43. The van der Waals surface area contributed by atoms with Crippen molar-refractivity contribution in [2.24, 2.45) is 0 Å². The molecular weight excluding hydrogens is 255 g/mol. The van der Waals surface area contributed by atoms with Crippen molar-refractivity contribution in [3.63, 3.8) is 0 Å². The van der Waals surface area contributed by atoms with E-state index in [1.807, 2.05) is 0 Å². The first-order valence-corrected chi connectivity index (χ1v) is 7.54. The van der Waals surface area contributed by atoms with Crippen LogP contribution in [0.5, 0.6) is 5.75 Å². The number of ether oxygens (including phenoxy) is 1. The quantitative estimate of drug-likeness (QED) is 0.897. The van der Waals surface area contributed by atoms with Gasteiger partial charge in [0.25, 0.3) is 0 Å². The molecule has 3 atom stereocenters. The summed E-state index contributed by atoms with van der Waals surface area (Å²) in [6.07, 6.45) is 2.14. The lowest BCUT2D eigenvalue weighted by atomic mass is 10.1. The fourth-order valence-electron chi connectivity index (χ4n) is 3.22. The van der Waals surface area contributed by atoms with Crippen LogP contribution < -0.4 is 10.1 Å². The molecule has 1 N–H and O–H groups in total. The van der Waals surface area contributed by atoms with Crippen LogP contribution in [0.2, 0.25) is 0 Å². The van der Waals surface area contributed by atoms with E-state index in [1.54, 1.807) is 12.1 Å². The van der Waals surface area contributed by atoms with Gasteiger partial charge in [0.15, 0.2) is 0 Å². The van der Waals surface area contributed by atoms with Crippen LogP contribution in [0.4, 0.5) is 4.39 Å². The van der Waals surface area contributed by atoms with Crippen LogP contribution in [0.15, 0.2) is 18.2 Å². The van der Waals surface area contributed by atoms with Crippen LogP contribution in [0.25, 0.3) is 0 Å². The molecule has 3 rings (SSSR count). The Bertz CT molecular complexity index is 480. The Morgan fingerprint density at radius 2 is 2.25 bits per heavy atom. The molecule has 1 saturated heterocycles. The molecule has 0 radical (unpaired) electrons. The molecule has 0 saturated carbocycles. The molecule has 1 aromatic carbocycles. The van der Waals surface area contributed by atoms with Crippen molar-refractivity contribution in [3.8, 4) is 5.75 Å². The Balaban J connectivity index is 1.64. The van der Waals surface area contributed by atoms with Crippen LogP contribution in [0.3, 0.4) is 0 Å². The maximum atomic E-state index is 13.2. The Kier molecular flexibility index (Phi) is 3.94. The van der Waals surface area contributed by atoms with Gasteiger partial charge in [0.05, 0.1) is 0 Å². The van der Waals surface area contributed by atoms with Crippen molar-refractivity contribution in [2.45, 2.75) is 44.9 Å². The van der Waals surface area contributed by atoms with Crippen LogP contribution in [0.1, 0.15) is 25.8 Å². The molecule has 2 aliphatic heterocycles. The van der Waals surface area contributed by atoms with Gasteiger partial charge in [-0.25, -0.2) is 4.39 Å². The summed E-state index contributed by atoms with van der Waals surface area (Å²) in [6, 6.07) is 5.91. The molecule has 0 bridgehead atoms. The summed E-state index contributed by atoms with van der Waals surface area (Å²) in [5.41, 5.74) is 1.00. The molecule has 0 aromatic heterocycles. The summed E-state index contributed by atoms with van der Waals surface area (Å²) >= 11 is 0. The van der Waals surface area contributed by atoms with Gasteiger partial charge in [-0.3, -0.25) is 4.90 Å². The van der Waals surface area contributed by atoms with Gasteiger partial charge in [0.2, 0.25) is 0 Å². The average molecular weight is 278 g/mol. The maximum absolute atomic E-state index is 13.2. The first kappa shape index (κ1) is 13.8. The van der Waals surface area contributed by atoms with E-state index in [1.165, 1.54) is 12.5 Å². The van der Waals surface area contributed by atoms with Crippen molar-refractivity contribution >= 4 is 0 Å². The van der Waals surface area contributed by atoms with Crippen molar-refractivity contribution in [3.05, 3.63) is 29.6 Å². The smallest absolute Gasteiger partial charge is 0.123 e. The topological polar surface area (TPSA) is 24.5 Å². The second-order valence-corrected chi connectivity index (χ2v) is 6.14. The van der Waals surface area contributed by atoms with E-state index >= 15 is 0 Å². The average Bonchev–Trinajstić information content (AvgIpc) is 2.71. The normalized spacial score (nSPS) is 30.6. The van der Waals surface area contributed by atoms with Crippen LogP contribution in [-0.2, 0) is 6.42 Å². The molecular formula is C16H23FN2O. The third kappa shape index (κ3) is 2.96. The highest BCUT2D eigenvalue weighted by Gasteiger charge is 2.28. The van der Waals surface area contributed by atoms with Gasteiger partial charge in [0, 0.05) is 37.2 Å². The highest BCUT2D eigenvalue weighted by molar-refractivity contribution is 5.37. The summed E-state index contributed by atoms with van der Waals surface area (Å²) in [6.45, 7) is 7.55. The zero-order valence-corrected chi connectivity index (χ0v) is 12.2. The van der Waals surface area contributed by atoms with E-state index in [2.05, 4.69) is 24.1 Å². The van der Waals surface area contributed by atoms with Gasteiger partial charge >= 0.3 is 0 Å². The number of fused-ring (bicyclic) bond motifs is 1. The lowest BCUT2D eigenvalue weighted by Gasteiger charge is -2.30. The molecule has 20 heavy (non-hydrogen) atoms. The minimum Gasteiger partial charge on any atom is -0.488 e. The third-order valence-corrected chi connectivity index (χ3v) is 4.39. The monoisotopic (exact) mass is 278 g/mol. The maximum Gasteiger partial charge on any atom is 0.123 e. The molecule has 0 spiro atoms. The molecule has 4 heteroatoms. The van der Waals surface area contributed by atoms with Gasteiger partial charge in [0.1, 0.15) is 17.7 Å². The standard InChI is InChI=1S/C16H23FN2O/c1-11-9-19(12(2)5-6-18-11)10-15-8-13-7-14(17)3-4-16(13)20-15/h3-4,7,11-12,15,18H,5-6,8-10H2,1-2H3. The largest absolute Gasteiger partial charge is 0.488 e. The van der Waals surface area contributed by atoms with E-state index in [-0.39, 0.29) is 11.9 Å². The zero-order chi connectivity index (χ0) is 14.1. The Labute approximate surface area is 120 Å². The van der Waals surface area contributed by atoms with Crippen molar-refractivity contribution < 1.29 is 9.13 Å². The SMILES string of the molecule is CC1CN(CC2Cc3cc(F)ccc3O2)C(C)CCN1. The summed E-state index contributed by atoms with van der Waals surface area (Å²) < 4.78 is 19.2. The Morgan fingerprint density at radius 3 is 3.10 bits per heavy atom. The Hall–Kier alpha value is -1.13. The number of benzene rings is 1. The first-order valence-electron chi connectivity index (χ1n) is 7.54. The van der Waals surface area contributed by atoms with Gasteiger partial charge in [-0.05, 0) is 45.0 Å². The second-order valence-electron chi connectivity index (χ2n) is 6.14. The van der Waals surface area contributed by atoms with Gasteiger partial charge in [-0.2, -0.15) is 0 Å². The fraction of sp³-hybridized carbons (Fsp3) is 0.625. The number of nitrogens with one attached hydrogen (secondary N) is 1. The van der Waals surface area contributed by atoms with Crippen LogP contribution in [-0.4, -0.2) is 42.7 Å². The predicted molar refractivity (Wildman–Crippen MR) is 77.6 cm³/mol. The van der Waals surface area contributed by atoms with Crippen molar-refractivity contribution in [2.75, 3.05) is 19.6 Å². The number of nitrogens with zero attached hydrogens (tertiary/aromatic N) is 1. The minimum absolute atomic E-state index is 0.152. The van der Waals surface area contributed by atoms with Crippen molar-refractivity contribution in [1.82, 2.24) is 10.2 Å². The molecule has 2 aliphatic rings. The van der Waals surface area contributed by atoms with E-state index < -0.39 is 0 Å². The first-order chi connectivity index (χ1) is 9.61. The van der Waals surface area contributed by atoms with E-state index in [9.17, 15) is 4.39 Å². The number of rotatable bonds is 2. The summed E-state index contributed by atoms with van der Waals surface area (Å²) in [7, 11) is 0. The molecule has 1 aromatic rings. The number of hydrogen-bond donors (Lipinski definition) is 1. The molecule has 0 amide bonds. The molecule has 110 valence electrons. The number of hydrogen-bond acceptors (Lipinski definition) is 3. The Morgan fingerprint density at radius 1 is 1.40 bits per heavy atom. The summed E-state index contributed by atoms with van der Waals surface area (Å²) in [4.78, 5) is 2.50. The van der Waals surface area contributed by atoms with E-state index in [0.717, 1.165) is 37.4 Å². The van der Waals surface area contributed by atoms with E-state index in [4.69, 9.17) is 4.74 Å². The van der Waals surface area contributed by atoms with Crippen molar-refractivity contribution in [1.29, 1.82) is 0 Å². The van der Waals surface area contributed by atoms with Gasteiger partial charge in [-0.15, -0.1) is 0 Å². The third-order valence-electron chi connectivity index (χ3n) is 4.39. The summed E-state index contributed by atoms with van der Waals surface area (Å²) in [5, 5.41) is 3.52. The molecule has 3 nitrogen and oxygen atoms in total. The van der Waals surface area contributed by atoms with Crippen LogP contribution in [0, 0.1) is 5.82 Å². The highest BCUT2D eigenvalue weighted by Crippen LogP contribution is 2.30. The van der Waals surface area contributed by atoms with E-state index in [0.29, 0.717) is 12.1 Å². The van der Waals surface area contributed by atoms with Gasteiger partial charge in [-0.1, -0.05) is 0 Å². The fourth-order valence-corrected chi connectivity index (χ4v) is 3.22. The second kappa shape index (κ2) is 5.70. The number of halogens is 1. The molecule has 3 unspecified atom stereocenters. The molecule has 0 aliphatic carbocycles. The predicted octanol–water partition coefficient (Wildman–Crippen LogP) is 2.20. The summed E-state index contributed by atoms with van der Waals surface area (Å²) in [5.74, 6) is 0.680. The lowest BCUT2D eigenvalue weighted by molar-refractivity contribution is 0.121. The van der Waals surface area contributed by atoms with Crippen LogP contribution >= 0.6 is 0 Å². The van der Waals surface area contributed by atoms with Gasteiger partial charge < -0.3 is 10.1 Å². The molecule has 1 fully saturated rings. The highest BCUT2D eigenvalue weighted by atomic mass is 19.1. The molecule has 2 heterocycles. The minimum atomic E-state index is -0.172.